The maximum Gasteiger partial charge on any atom is 0.269 e. The Morgan fingerprint density at radius 1 is 1.12 bits per heavy atom. The van der Waals surface area contributed by atoms with Crippen LogP contribution in [0.2, 0.25) is 0 Å². The summed E-state index contributed by atoms with van der Waals surface area (Å²) in [5, 5.41) is 13.3. The first-order valence-electron chi connectivity index (χ1n) is 7.68. The van der Waals surface area contributed by atoms with E-state index in [0.29, 0.717) is 11.1 Å². The molecule has 2 aromatic carbocycles. The lowest BCUT2D eigenvalue weighted by molar-refractivity contribution is -0.384. The molecule has 0 aliphatic carbocycles. The summed E-state index contributed by atoms with van der Waals surface area (Å²) in [5.74, 6) is -1.06. The Morgan fingerprint density at radius 3 is 2.16 bits per heavy atom. The van der Waals surface area contributed by atoms with Crippen molar-refractivity contribution in [1.29, 1.82) is 0 Å². The molecule has 0 saturated carbocycles. The van der Waals surface area contributed by atoms with Gasteiger partial charge < -0.3 is 11.1 Å². The molecule has 0 heterocycles. The minimum atomic E-state index is -0.908. The molecule has 7 nitrogen and oxygen atoms in total. The number of hydrogen-bond acceptors (Lipinski definition) is 4. The van der Waals surface area contributed by atoms with Crippen LogP contribution in [0.25, 0.3) is 0 Å². The van der Waals surface area contributed by atoms with E-state index >= 15 is 0 Å². The number of nitrogens with one attached hydrogen (secondary N) is 1. The van der Waals surface area contributed by atoms with Crippen molar-refractivity contribution in [2.75, 3.05) is 0 Å². The number of rotatable bonds is 6. The first-order chi connectivity index (χ1) is 11.8. The number of carbonyl (C=O) groups is 2. The van der Waals surface area contributed by atoms with Gasteiger partial charge in [0.25, 0.3) is 11.6 Å². The van der Waals surface area contributed by atoms with Gasteiger partial charge in [-0.15, -0.1) is 0 Å². The average Bonchev–Trinajstić information content (AvgIpc) is 2.53. The molecule has 0 unspecified atom stereocenters. The summed E-state index contributed by atoms with van der Waals surface area (Å²) in [6, 6.07) is 10.3. The molecule has 1 atom stereocenters. The molecule has 0 spiro atoms. The van der Waals surface area contributed by atoms with Gasteiger partial charge in [0.2, 0.25) is 5.91 Å². The van der Waals surface area contributed by atoms with Crippen molar-refractivity contribution in [2.45, 2.75) is 26.3 Å². The Kier molecular flexibility index (Phi) is 5.49. The topological polar surface area (TPSA) is 115 Å². The second kappa shape index (κ2) is 7.57. The highest BCUT2D eigenvalue weighted by Gasteiger charge is 2.20. The third kappa shape index (κ3) is 4.87. The fourth-order valence-electron chi connectivity index (χ4n) is 2.56. The van der Waals surface area contributed by atoms with Gasteiger partial charge in [0.15, 0.2) is 0 Å². The van der Waals surface area contributed by atoms with Crippen LogP contribution in [0.1, 0.15) is 27.0 Å². The number of nitro groups is 1. The summed E-state index contributed by atoms with van der Waals surface area (Å²) >= 11 is 0. The van der Waals surface area contributed by atoms with E-state index in [4.69, 9.17) is 5.73 Å². The number of benzene rings is 2. The Balaban J connectivity index is 2.13. The fraction of sp³-hybridized carbons (Fsp3) is 0.222. The molecule has 0 bridgehead atoms. The highest BCUT2D eigenvalue weighted by atomic mass is 16.6. The Hall–Kier alpha value is -3.22. The first-order valence-corrected chi connectivity index (χ1v) is 7.68. The summed E-state index contributed by atoms with van der Waals surface area (Å²) in [6.45, 7) is 3.76. The van der Waals surface area contributed by atoms with Gasteiger partial charge in [0.1, 0.15) is 6.04 Å². The smallest absolute Gasteiger partial charge is 0.269 e. The maximum absolute atomic E-state index is 12.4. The van der Waals surface area contributed by atoms with Crippen molar-refractivity contribution < 1.29 is 14.5 Å². The number of aryl methyl sites for hydroxylation is 2. The van der Waals surface area contributed by atoms with Crippen molar-refractivity contribution in [1.82, 2.24) is 5.32 Å². The SMILES string of the molecule is Cc1cc(C)cc(C(=O)N[C@H](Cc2ccc([N+](=O)[O-])cc2)C(N)=O)c1. The van der Waals surface area contributed by atoms with Crippen LogP contribution in [0.5, 0.6) is 0 Å². The monoisotopic (exact) mass is 341 g/mol. The quantitative estimate of drug-likeness (QED) is 0.618. The van der Waals surface area contributed by atoms with Crippen LogP contribution < -0.4 is 11.1 Å². The predicted molar refractivity (Wildman–Crippen MR) is 93.2 cm³/mol. The molecule has 0 fully saturated rings. The van der Waals surface area contributed by atoms with Crippen LogP contribution in [-0.4, -0.2) is 22.8 Å². The van der Waals surface area contributed by atoms with Gasteiger partial charge in [0, 0.05) is 24.1 Å². The number of carbonyl (C=O) groups excluding carboxylic acids is 2. The number of hydrogen-bond donors (Lipinski definition) is 2. The zero-order valence-corrected chi connectivity index (χ0v) is 14.0. The summed E-state index contributed by atoms with van der Waals surface area (Å²) in [4.78, 5) is 34.2. The van der Waals surface area contributed by atoms with E-state index in [0.717, 1.165) is 11.1 Å². The van der Waals surface area contributed by atoms with Crippen LogP contribution in [0, 0.1) is 24.0 Å². The van der Waals surface area contributed by atoms with Gasteiger partial charge in [-0.05, 0) is 31.5 Å². The van der Waals surface area contributed by atoms with Gasteiger partial charge in [-0.2, -0.15) is 0 Å². The van der Waals surface area contributed by atoms with E-state index in [1.807, 2.05) is 19.9 Å². The van der Waals surface area contributed by atoms with Gasteiger partial charge in [0.05, 0.1) is 4.92 Å². The molecule has 0 radical (unpaired) electrons. The Bertz CT molecular complexity index is 795. The van der Waals surface area contributed by atoms with E-state index in [1.165, 1.54) is 24.3 Å². The molecule has 25 heavy (non-hydrogen) atoms. The molecular weight excluding hydrogens is 322 g/mol. The molecule has 7 heteroatoms. The summed E-state index contributed by atoms with van der Waals surface area (Å²) in [7, 11) is 0. The normalized spacial score (nSPS) is 11.6. The van der Waals surface area contributed by atoms with E-state index in [-0.39, 0.29) is 12.1 Å². The molecular formula is C18H19N3O4. The number of primary amides is 1. The lowest BCUT2D eigenvalue weighted by atomic mass is 10.0. The molecule has 3 N–H and O–H groups in total. The minimum Gasteiger partial charge on any atom is -0.368 e. The zero-order chi connectivity index (χ0) is 18.6. The zero-order valence-electron chi connectivity index (χ0n) is 14.0. The summed E-state index contributed by atoms with van der Waals surface area (Å²) < 4.78 is 0. The molecule has 0 aliphatic rings. The highest BCUT2D eigenvalue weighted by Crippen LogP contribution is 2.14. The van der Waals surface area contributed by atoms with E-state index in [1.54, 1.807) is 12.1 Å². The second-order valence-corrected chi connectivity index (χ2v) is 5.93. The maximum atomic E-state index is 12.4. The van der Waals surface area contributed by atoms with Crippen LogP contribution >= 0.6 is 0 Å². The molecule has 0 aromatic heterocycles. The number of nitrogens with zero attached hydrogens (tertiary/aromatic N) is 1. The molecule has 130 valence electrons. The highest BCUT2D eigenvalue weighted by molar-refractivity contribution is 5.97. The van der Waals surface area contributed by atoms with Crippen molar-refractivity contribution in [3.63, 3.8) is 0 Å². The first kappa shape index (κ1) is 18.1. The van der Waals surface area contributed by atoms with Crippen molar-refractivity contribution in [3.8, 4) is 0 Å². The van der Waals surface area contributed by atoms with E-state index in [9.17, 15) is 19.7 Å². The average molecular weight is 341 g/mol. The Morgan fingerprint density at radius 2 is 1.68 bits per heavy atom. The third-order valence-corrected chi connectivity index (χ3v) is 3.72. The van der Waals surface area contributed by atoms with Crippen LogP contribution in [0.15, 0.2) is 42.5 Å². The van der Waals surface area contributed by atoms with E-state index in [2.05, 4.69) is 5.32 Å². The largest absolute Gasteiger partial charge is 0.368 e. The molecule has 2 rings (SSSR count). The summed E-state index contributed by atoms with van der Waals surface area (Å²) in [5.41, 5.74) is 8.34. The Labute approximate surface area is 145 Å². The van der Waals surface area contributed by atoms with Gasteiger partial charge >= 0.3 is 0 Å². The second-order valence-electron chi connectivity index (χ2n) is 5.93. The molecule has 0 aliphatic heterocycles. The standard InChI is InChI=1S/C18H19N3O4/c1-11-7-12(2)9-14(8-11)18(23)20-16(17(19)22)10-13-3-5-15(6-4-13)21(24)25/h3-9,16H,10H2,1-2H3,(H2,19,22)(H,20,23)/t16-/m1/s1. The predicted octanol–water partition coefficient (Wildman–Crippen LogP) is 2.04. The lowest BCUT2D eigenvalue weighted by Crippen LogP contribution is -2.45. The lowest BCUT2D eigenvalue weighted by Gasteiger charge is -2.16. The molecule has 0 saturated heterocycles. The van der Waals surface area contributed by atoms with E-state index < -0.39 is 22.8 Å². The molecule has 2 aromatic rings. The molecule has 2 amide bonds. The van der Waals surface area contributed by atoms with Gasteiger partial charge in [-0.1, -0.05) is 29.3 Å². The van der Waals surface area contributed by atoms with Gasteiger partial charge in [-0.3, -0.25) is 19.7 Å². The fourth-order valence-corrected chi connectivity index (χ4v) is 2.56. The van der Waals surface area contributed by atoms with Crippen molar-refractivity contribution in [2.24, 2.45) is 5.73 Å². The number of nitro benzene ring substituents is 1. The van der Waals surface area contributed by atoms with Crippen LogP contribution in [-0.2, 0) is 11.2 Å². The van der Waals surface area contributed by atoms with Crippen molar-refractivity contribution in [3.05, 3.63) is 74.8 Å². The summed E-state index contributed by atoms with van der Waals surface area (Å²) in [6.07, 6.45) is 0.157. The van der Waals surface area contributed by atoms with Gasteiger partial charge in [-0.25, -0.2) is 0 Å². The number of amides is 2. The minimum absolute atomic E-state index is 0.0429. The van der Waals surface area contributed by atoms with Crippen LogP contribution in [0.3, 0.4) is 0 Å². The third-order valence-electron chi connectivity index (χ3n) is 3.72. The van der Waals surface area contributed by atoms with Crippen LogP contribution in [0.4, 0.5) is 5.69 Å². The number of non-ortho nitro benzene ring substituents is 1. The van der Waals surface area contributed by atoms with Crippen molar-refractivity contribution >= 4 is 17.5 Å². The number of nitrogens with two attached hydrogens (primary N) is 1.